The molecule has 1 aliphatic rings. The number of halogens is 1. The Hall–Kier alpha value is -2.52. The quantitative estimate of drug-likeness (QED) is 0.650. The van der Waals surface area contributed by atoms with Crippen molar-refractivity contribution in [3.8, 4) is 5.82 Å². The van der Waals surface area contributed by atoms with Crippen LogP contribution in [0.25, 0.3) is 16.9 Å². The number of hydrogen-bond acceptors (Lipinski definition) is 6. The lowest BCUT2D eigenvalue weighted by Gasteiger charge is -2.35. The molecule has 0 N–H and O–H groups in total. The molecule has 2 aromatic heterocycles. The minimum atomic E-state index is -2.41. The first-order valence-electron chi connectivity index (χ1n) is 9.42. The van der Waals surface area contributed by atoms with Crippen LogP contribution in [0.1, 0.15) is 12.7 Å². The summed E-state index contributed by atoms with van der Waals surface area (Å²) < 4.78 is 37.7. The number of nitrogens with zero attached hydrogens (tertiary/aromatic N) is 5. The van der Waals surface area contributed by atoms with Gasteiger partial charge in [0.15, 0.2) is 5.82 Å². The predicted molar refractivity (Wildman–Crippen MR) is 113 cm³/mol. The van der Waals surface area contributed by atoms with Crippen LogP contribution in [-0.2, 0) is 21.1 Å². The number of ether oxygens (including phenoxy) is 1. The Morgan fingerprint density at radius 1 is 1.28 bits per heavy atom. The zero-order chi connectivity index (χ0) is 20.6. The summed E-state index contributed by atoms with van der Waals surface area (Å²) in [6.07, 6.45) is 3.13. The lowest BCUT2D eigenvalue weighted by molar-refractivity contribution is 0.0989. The molecule has 0 bridgehead atoms. The predicted octanol–water partition coefficient (Wildman–Crippen LogP) is 3.47. The number of fused-ring (bicyclic) bond motifs is 1. The van der Waals surface area contributed by atoms with Crippen LogP contribution in [0.5, 0.6) is 0 Å². The largest absolute Gasteiger partial charge is 0.377 e. The lowest BCUT2D eigenvalue weighted by atomic mass is 10.2. The molecule has 0 unspecified atom stereocenters. The van der Waals surface area contributed by atoms with Gasteiger partial charge in [0.25, 0.3) is 0 Å². The van der Waals surface area contributed by atoms with E-state index in [0.717, 1.165) is 17.7 Å². The average molecular weight is 418 g/mol. The van der Waals surface area contributed by atoms with Gasteiger partial charge in [-0.25, -0.2) is 18.6 Å². The van der Waals surface area contributed by atoms with Crippen LogP contribution < -0.4 is 4.90 Å². The minimum absolute atomic E-state index is 0.166. The molecule has 0 radical (unpaired) electrons. The molecule has 0 aliphatic carbocycles. The summed E-state index contributed by atoms with van der Waals surface area (Å²) in [6.45, 7) is 3.32. The van der Waals surface area contributed by atoms with Gasteiger partial charge in [-0.05, 0) is 19.1 Å². The highest BCUT2D eigenvalue weighted by atomic mass is 32.2. The van der Waals surface area contributed by atoms with Crippen LogP contribution in [0.2, 0.25) is 0 Å². The van der Waals surface area contributed by atoms with Crippen molar-refractivity contribution in [3.05, 3.63) is 42.2 Å². The van der Waals surface area contributed by atoms with E-state index in [1.165, 1.54) is 0 Å². The van der Waals surface area contributed by atoms with E-state index in [1.807, 2.05) is 36.4 Å². The molecule has 9 heteroatoms. The molecule has 1 atom stereocenters. The molecular formula is C20H24FN5O2S. The molecule has 1 aromatic carbocycles. The fourth-order valence-electron chi connectivity index (χ4n) is 3.57. The molecular weight excluding hydrogens is 393 g/mol. The third kappa shape index (κ3) is 4.11. The zero-order valence-corrected chi connectivity index (χ0v) is 17.5. The average Bonchev–Trinajstić information content (AvgIpc) is 3.05. The van der Waals surface area contributed by atoms with Crippen molar-refractivity contribution in [3.63, 3.8) is 0 Å². The molecule has 7 nitrogen and oxygen atoms in total. The number of anilines is 1. The fraction of sp³-hybridized carbons (Fsp3) is 0.400. The first-order chi connectivity index (χ1) is 13.9. The topological polar surface area (TPSA) is 72.6 Å². The van der Waals surface area contributed by atoms with Crippen molar-refractivity contribution in [1.82, 2.24) is 14.5 Å². The summed E-state index contributed by atoms with van der Waals surface area (Å²) in [6, 6.07) is 11.4. The number of imidazole rings is 1. The van der Waals surface area contributed by atoms with Crippen LogP contribution in [0.15, 0.2) is 40.8 Å². The Morgan fingerprint density at radius 3 is 2.79 bits per heavy atom. The standard InChI is InChI=1S/C20H24FN5O2S/c1-14-13-28-9-8-25(14)15-10-18(24-29(2,3)27)23-19(11-15)26-17-7-5-4-6-16(17)22-20(26)12-21/h4-7,10-11,14H,8-9,12-13H2,1-3H3/t14-/m1/s1. The number of pyridine rings is 1. The number of rotatable bonds is 4. The number of benzene rings is 1. The summed E-state index contributed by atoms with van der Waals surface area (Å²) in [7, 11) is -2.41. The van der Waals surface area contributed by atoms with Crippen molar-refractivity contribution >= 4 is 32.3 Å². The molecule has 0 amide bonds. The number of aromatic nitrogens is 3. The van der Waals surface area contributed by atoms with Gasteiger partial charge in [0, 0.05) is 52.6 Å². The van der Waals surface area contributed by atoms with E-state index in [1.54, 1.807) is 17.1 Å². The van der Waals surface area contributed by atoms with E-state index in [4.69, 9.17) is 4.74 Å². The lowest BCUT2D eigenvalue weighted by Crippen LogP contribution is -2.43. The Bertz CT molecular complexity index is 1160. The number of alkyl halides is 1. The summed E-state index contributed by atoms with van der Waals surface area (Å²) in [4.78, 5) is 11.2. The maximum atomic E-state index is 13.8. The third-order valence-corrected chi connectivity index (χ3v) is 5.40. The van der Waals surface area contributed by atoms with Gasteiger partial charge in [0.05, 0.1) is 24.2 Å². The maximum Gasteiger partial charge on any atom is 0.165 e. The van der Waals surface area contributed by atoms with Gasteiger partial charge in [-0.3, -0.25) is 4.57 Å². The first kappa shape index (κ1) is 19.8. The van der Waals surface area contributed by atoms with Crippen molar-refractivity contribution in [1.29, 1.82) is 0 Å². The Morgan fingerprint density at radius 2 is 2.07 bits per heavy atom. The summed E-state index contributed by atoms with van der Waals surface area (Å²) >= 11 is 0. The van der Waals surface area contributed by atoms with Gasteiger partial charge in [0.1, 0.15) is 18.3 Å². The molecule has 29 heavy (non-hydrogen) atoms. The Labute approximate surface area is 169 Å². The number of hydrogen-bond donors (Lipinski definition) is 0. The highest BCUT2D eigenvalue weighted by Crippen LogP contribution is 2.29. The molecule has 4 rings (SSSR count). The Balaban J connectivity index is 1.95. The van der Waals surface area contributed by atoms with Crippen LogP contribution in [0.4, 0.5) is 15.9 Å². The fourth-order valence-corrected chi connectivity index (χ4v) is 4.12. The van der Waals surface area contributed by atoms with Crippen LogP contribution >= 0.6 is 0 Å². The normalized spacial score (nSPS) is 17.7. The summed E-state index contributed by atoms with van der Waals surface area (Å²) in [5.74, 6) is 1.13. The van der Waals surface area contributed by atoms with E-state index in [0.29, 0.717) is 30.4 Å². The zero-order valence-electron chi connectivity index (χ0n) is 16.7. The minimum Gasteiger partial charge on any atom is -0.377 e. The molecule has 1 aliphatic heterocycles. The van der Waals surface area contributed by atoms with Gasteiger partial charge >= 0.3 is 0 Å². The highest BCUT2D eigenvalue weighted by molar-refractivity contribution is 7.92. The van der Waals surface area contributed by atoms with Crippen LogP contribution in [0, 0.1) is 0 Å². The second kappa shape index (κ2) is 7.72. The molecule has 3 heterocycles. The molecule has 3 aromatic rings. The van der Waals surface area contributed by atoms with E-state index in [2.05, 4.69) is 26.2 Å². The second-order valence-electron chi connectivity index (χ2n) is 7.42. The molecule has 0 saturated carbocycles. The van der Waals surface area contributed by atoms with Gasteiger partial charge in [-0.2, -0.15) is 4.36 Å². The van der Waals surface area contributed by atoms with E-state index in [9.17, 15) is 8.60 Å². The van der Waals surface area contributed by atoms with Crippen molar-refractivity contribution in [2.75, 3.05) is 37.2 Å². The monoisotopic (exact) mass is 417 g/mol. The SMILES string of the molecule is C[C@@H]1COCCN1c1cc(N=S(C)(C)=O)nc(-n2c(CF)nc3ccccc32)c1. The second-order valence-corrected chi connectivity index (χ2v) is 9.96. The van der Waals surface area contributed by atoms with Gasteiger partial charge in [-0.1, -0.05) is 12.1 Å². The highest BCUT2D eigenvalue weighted by Gasteiger charge is 2.22. The molecule has 154 valence electrons. The molecule has 0 spiro atoms. The molecule has 1 saturated heterocycles. The third-order valence-electron chi connectivity index (χ3n) is 4.77. The molecule has 1 fully saturated rings. The smallest absolute Gasteiger partial charge is 0.165 e. The number of morpholine rings is 1. The summed E-state index contributed by atoms with van der Waals surface area (Å²) in [5.41, 5.74) is 2.34. The van der Waals surface area contributed by atoms with E-state index in [-0.39, 0.29) is 11.9 Å². The van der Waals surface area contributed by atoms with Gasteiger partial charge < -0.3 is 9.64 Å². The Kier molecular flexibility index (Phi) is 5.26. The number of para-hydroxylation sites is 2. The van der Waals surface area contributed by atoms with E-state index < -0.39 is 16.4 Å². The van der Waals surface area contributed by atoms with Crippen molar-refractivity contribution in [2.45, 2.75) is 19.6 Å². The van der Waals surface area contributed by atoms with Crippen LogP contribution in [-0.4, -0.2) is 57.1 Å². The van der Waals surface area contributed by atoms with Crippen LogP contribution in [0.3, 0.4) is 0 Å². The van der Waals surface area contributed by atoms with Gasteiger partial charge in [0.2, 0.25) is 0 Å². The van der Waals surface area contributed by atoms with Gasteiger partial charge in [-0.15, -0.1) is 0 Å². The van der Waals surface area contributed by atoms with Crippen molar-refractivity contribution < 1.29 is 13.3 Å². The maximum absolute atomic E-state index is 13.8. The van der Waals surface area contributed by atoms with E-state index >= 15 is 0 Å². The first-order valence-corrected chi connectivity index (χ1v) is 11.7. The summed E-state index contributed by atoms with van der Waals surface area (Å²) in [5, 5.41) is 0. The van der Waals surface area contributed by atoms with Crippen molar-refractivity contribution in [2.24, 2.45) is 4.36 Å².